The van der Waals surface area contributed by atoms with Crippen LogP contribution in [0.2, 0.25) is 10.0 Å². The standard InChI is InChI=1S/C18H16Cl2N4O2/c1-24-11-12(9-22-24)2-7-17(25)23-14-3-5-15(6-4-14)26-18-16(20)8-13(19)10-21-18/h3-6,8-11H,2,7H2,1H3,(H,23,25). The highest BCUT2D eigenvalue weighted by Gasteiger charge is 2.07. The van der Waals surface area contributed by atoms with Gasteiger partial charge in [0.15, 0.2) is 0 Å². The molecule has 0 unspecified atom stereocenters. The summed E-state index contributed by atoms with van der Waals surface area (Å²) < 4.78 is 7.32. The van der Waals surface area contributed by atoms with E-state index in [1.807, 2.05) is 13.2 Å². The Hall–Kier alpha value is -2.57. The third-order valence-electron chi connectivity index (χ3n) is 3.53. The Morgan fingerprint density at radius 3 is 2.65 bits per heavy atom. The number of hydrogen-bond donors (Lipinski definition) is 1. The summed E-state index contributed by atoms with van der Waals surface area (Å²) in [6, 6.07) is 8.51. The maximum Gasteiger partial charge on any atom is 0.238 e. The molecule has 2 heterocycles. The van der Waals surface area contributed by atoms with Gasteiger partial charge in [0, 0.05) is 31.5 Å². The van der Waals surface area contributed by atoms with Gasteiger partial charge in [-0.3, -0.25) is 9.48 Å². The highest BCUT2D eigenvalue weighted by Crippen LogP contribution is 2.29. The number of nitrogens with one attached hydrogen (secondary N) is 1. The molecule has 0 spiro atoms. The van der Waals surface area contributed by atoms with E-state index in [1.54, 1.807) is 41.2 Å². The minimum absolute atomic E-state index is 0.0649. The zero-order valence-electron chi connectivity index (χ0n) is 13.9. The molecule has 2 aromatic heterocycles. The summed E-state index contributed by atoms with van der Waals surface area (Å²) in [5.41, 5.74) is 1.71. The van der Waals surface area contributed by atoms with Crippen LogP contribution in [0.4, 0.5) is 5.69 Å². The van der Waals surface area contributed by atoms with Crippen molar-refractivity contribution in [3.63, 3.8) is 0 Å². The van der Waals surface area contributed by atoms with Crippen molar-refractivity contribution in [2.24, 2.45) is 7.05 Å². The van der Waals surface area contributed by atoms with E-state index in [-0.39, 0.29) is 11.8 Å². The first kappa shape index (κ1) is 18.2. The Labute approximate surface area is 160 Å². The lowest BCUT2D eigenvalue weighted by Crippen LogP contribution is -2.12. The number of ether oxygens (including phenoxy) is 1. The van der Waals surface area contributed by atoms with E-state index in [0.29, 0.717) is 34.3 Å². The Kier molecular flexibility index (Phi) is 5.75. The van der Waals surface area contributed by atoms with Crippen molar-refractivity contribution in [2.75, 3.05) is 5.32 Å². The number of halogens is 2. The van der Waals surface area contributed by atoms with E-state index in [9.17, 15) is 4.79 Å². The molecule has 8 heteroatoms. The van der Waals surface area contributed by atoms with Crippen molar-refractivity contribution in [3.8, 4) is 11.6 Å². The van der Waals surface area contributed by atoms with Crippen molar-refractivity contribution in [1.29, 1.82) is 0 Å². The molecule has 0 saturated carbocycles. The number of carbonyl (C=O) groups is 1. The Morgan fingerprint density at radius 2 is 2.00 bits per heavy atom. The van der Waals surface area contributed by atoms with E-state index in [4.69, 9.17) is 27.9 Å². The van der Waals surface area contributed by atoms with Gasteiger partial charge in [0.1, 0.15) is 10.8 Å². The second-order valence-corrected chi connectivity index (χ2v) is 6.48. The number of benzene rings is 1. The van der Waals surface area contributed by atoms with E-state index in [2.05, 4.69) is 15.4 Å². The molecule has 0 atom stereocenters. The van der Waals surface area contributed by atoms with E-state index in [0.717, 1.165) is 5.56 Å². The number of carbonyl (C=O) groups excluding carboxylic acids is 1. The number of hydrogen-bond acceptors (Lipinski definition) is 4. The van der Waals surface area contributed by atoms with Crippen molar-refractivity contribution >= 4 is 34.8 Å². The van der Waals surface area contributed by atoms with Crippen LogP contribution in [0.3, 0.4) is 0 Å². The van der Waals surface area contributed by atoms with Gasteiger partial charge in [-0.15, -0.1) is 0 Å². The third-order valence-corrected chi connectivity index (χ3v) is 4.00. The number of nitrogens with zero attached hydrogens (tertiary/aromatic N) is 3. The maximum atomic E-state index is 12.0. The quantitative estimate of drug-likeness (QED) is 0.673. The number of pyridine rings is 1. The van der Waals surface area contributed by atoms with Gasteiger partial charge < -0.3 is 10.1 Å². The summed E-state index contributed by atoms with van der Waals surface area (Å²) in [7, 11) is 1.85. The first-order valence-corrected chi connectivity index (χ1v) is 8.61. The summed E-state index contributed by atoms with van der Waals surface area (Å²) in [5.74, 6) is 0.754. The second-order valence-electron chi connectivity index (χ2n) is 5.64. The Balaban J connectivity index is 1.54. The van der Waals surface area contributed by atoms with Gasteiger partial charge >= 0.3 is 0 Å². The summed E-state index contributed by atoms with van der Waals surface area (Å²) in [5, 5.41) is 7.69. The van der Waals surface area contributed by atoms with Crippen LogP contribution in [0, 0.1) is 0 Å². The van der Waals surface area contributed by atoms with Gasteiger partial charge in [0.25, 0.3) is 0 Å². The fourth-order valence-corrected chi connectivity index (χ4v) is 2.70. The molecule has 0 aliphatic heterocycles. The molecular formula is C18H16Cl2N4O2. The second kappa shape index (κ2) is 8.21. The lowest BCUT2D eigenvalue weighted by Gasteiger charge is -2.08. The molecule has 0 aliphatic carbocycles. The first-order valence-electron chi connectivity index (χ1n) is 7.86. The lowest BCUT2D eigenvalue weighted by atomic mass is 10.2. The van der Waals surface area contributed by atoms with Crippen molar-refractivity contribution in [2.45, 2.75) is 12.8 Å². The van der Waals surface area contributed by atoms with Crippen molar-refractivity contribution < 1.29 is 9.53 Å². The average molecular weight is 391 g/mol. The normalized spacial score (nSPS) is 10.6. The largest absolute Gasteiger partial charge is 0.438 e. The van der Waals surface area contributed by atoms with Gasteiger partial charge in [-0.1, -0.05) is 23.2 Å². The van der Waals surface area contributed by atoms with Crippen LogP contribution < -0.4 is 10.1 Å². The summed E-state index contributed by atoms with van der Waals surface area (Å²) in [6.45, 7) is 0. The van der Waals surface area contributed by atoms with Gasteiger partial charge in [-0.05, 0) is 42.3 Å². The van der Waals surface area contributed by atoms with E-state index < -0.39 is 0 Å². The number of amides is 1. The summed E-state index contributed by atoms with van der Waals surface area (Å²) >= 11 is 11.8. The summed E-state index contributed by atoms with van der Waals surface area (Å²) in [4.78, 5) is 16.1. The van der Waals surface area contributed by atoms with Crippen LogP contribution in [0.5, 0.6) is 11.6 Å². The molecule has 1 amide bonds. The highest BCUT2D eigenvalue weighted by molar-refractivity contribution is 6.35. The molecule has 26 heavy (non-hydrogen) atoms. The van der Waals surface area contributed by atoms with Gasteiger partial charge in [0.05, 0.1) is 11.2 Å². The lowest BCUT2D eigenvalue weighted by molar-refractivity contribution is -0.116. The summed E-state index contributed by atoms with van der Waals surface area (Å²) in [6.07, 6.45) is 6.14. The molecule has 0 bridgehead atoms. The molecule has 3 rings (SSSR count). The average Bonchev–Trinajstić information content (AvgIpc) is 3.03. The fourth-order valence-electron chi connectivity index (χ4n) is 2.28. The number of rotatable bonds is 6. The third kappa shape index (κ3) is 4.97. The first-order chi connectivity index (χ1) is 12.5. The molecule has 134 valence electrons. The zero-order chi connectivity index (χ0) is 18.5. The highest BCUT2D eigenvalue weighted by atomic mass is 35.5. The molecule has 1 aromatic carbocycles. The van der Waals surface area contributed by atoms with E-state index >= 15 is 0 Å². The van der Waals surface area contributed by atoms with Crippen LogP contribution in [0.25, 0.3) is 0 Å². The topological polar surface area (TPSA) is 69.0 Å². The van der Waals surface area contributed by atoms with E-state index in [1.165, 1.54) is 6.20 Å². The molecule has 0 saturated heterocycles. The van der Waals surface area contributed by atoms with Crippen LogP contribution >= 0.6 is 23.2 Å². The number of anilines is 1. The maximum absolute atomic E-state index is 12.0. The van der Waals surface area contributed by atoms with Crippen LogP contribution in [-0.4, -0.2) is 20.7 Å². The molecule has 3 aromatic rings. The predicted octanol–water partition coefficient (Wildman–Crippen LogP) is 4.49. The van der Waals surface area contributed by atoms with Gasteiger partial charge in [-0.2, -0.15) is 5.10 Å². The molecule has 0 aliphatic rings. The minimum Gasteiger partial charge on any atom is -0.438 e. The molecule has 0 fully saturated rings. The number of aryl methyl sites for hydroxylation is 2. The molecule has 6 nitrogen and oxygen atoms in total. The Bertz CT molecular complexity index is 910. The van der Waals surface area contributed by atoms with Gasteiger partial charge in [-0.25, -0.2) is 4.98 Å². The van der Waals surface area contributed by atoms with Gasteiger partial charge in [0.2, 0.25) is 11.8 Å². The molecule has 0 radical (unpaired) electrons. The Morgan fingerprint density at radius 1 is 1.23 bits per heavy atom. The minimum atomic E-state index is -0.0649. The van der Waals surface area contributed by atoms with Crippen LogP contribution in [0.15, 0.2) is 48.9 Å². The molecular weight excluding hydrogens is 375 g/mol. The smallest absolute Gasteiger partial charge is 0.238 e. The number of aromatic nitrogens is 3. The van der Waals surface area contributed by atoms with Crippen LogP contribution in [-0.2, 0) is 18.3 Å². The predicted molar refractivity (Wildman–Crippen MR) is 101 cm³/mol. The van der Waals surface area contributed by atoms with Crippen LogP contribution in [0.1, 0.15) is 12.0 Å². The molecule has 1 N–H and O–H groups in total. The zero-order valence-corrected chi connectivity index (χ0v) is 15.5. The van der Waals surface area contributed by atoms with Crippen molar-refractivity contribution in [1.82, 2.24) is 14.8 Å². The SMILES string of the molecule is Cn1cc(CCC(=O)Nc2ccc(Oc3ncc(Cl)cc3Cl)cc2)cn1. The fraction of sp³-hybridized carbons (Fsp3) is 0.167. The monoisotopic (exact) mass is 390 g/mol. The van der Waals surface area contributed by atoms with Crippen molar-refractivity contribution in [3.05, 3.63) is 64.5 Å².